The molecule has 3 aromatic rings. The van der Waals surface area contributed by atoms with Gasteiger partial charge in [-0.1, -0.05) is 30.3 Å². The molecule has 0 saturated heterocycles. The number of cyclic esters (lactones) is 1. The van der Waals surface area contributed by atoms with Crippen molar-refractivity contribution in [3.8, 4) is 0 Å². The summed E-state index contributed by atoms with van der Waals surface area (Å²) in [6.45, 7) is 1.86. The van der Waals surface area contributed by atoms with Crippen LogP contribution >= 0.6 is 0 Å². The number of aryl methyl sites for hydroxylation is 2. The topological polar surface area (TPSA) is 73.2 Å². The Morgan fingerprint density at radius 3 is 2.67 bits per heavy atom. The molecule has 136 valence electrons. The van der Waals surface area contributed by atoms with Crippen LogP contribution in [0.3, 0.4) is 0 Å². The van der Waals surface area contributed by atoms with Crippen LogP contribution < -0.4 is 5.32 Å². The lowest BCUT2D eigenvalue weighted by atomic mass is 9.93. The molecular formula is C21H19N3O3. The maximum Gasteiger partial charge on any atom is 0.339 e. The molecule has 0 aliphatic carbocycles. The highest BCUT2D eigenvalue weighted by atomic mass is 16.5. The number of nitrogens with zero attached hydrogens (tertiary/aromatic N) is 2. The first-order valence-electron chi connectivity index (χ1n) is 8.72. The van der Waals surface area contributed by atoms with Crippen LogP contribution in [-0.4, -0.2) is 21.7 Å². The van der Waals surface area contributed by atoms with Gasteiger partial charge in [0.15, 0.2) is 0 Å². The average molecular weight is 361 g/mol. The minimum absolute atomic E-state index is 0.240. The number of hydrogen-bond donors (Lipinski definition) is 1. The Labute approximate surface area is 156 Å². The summed E-state index contributed by atoms with van der Waals surface area (Å²) in [5.41, 5.74) is 3.58. The fourth-order valence-corrected chi connectivity index (χ4v) is 3.31. The van der Waals surface area contributed by atoms with E-state index in [1.165, 1.54) is 0 Å². The maximum absolute atomic E-state index is 12.6. The van der Waals surface area contributed by atoms with Gasteiger partial charge >= 0.3 is 5.97 Å². The summed E-state index contributed by atoms with van der Waals surface area (Å²) in [4.78, 5) is 25.0. The highest BCUT2D eigenvalue weighted by molar-refractivity contribution is 6.05. The molecule has 4 rings (SSSR count). The number of carbonyl (C=O) groups is 2. The fourth-order valence-electron chi connectivity index (χ4n) is 3.31. The highest BCUT2D eigenvalue weighted by Gasteiger charge is 2.28. The zero-order chi connectivity index (χ0) is 19.0. The van der Waals surface area contributed by atoms with Gasteiger partial charge in [0, 0.05) is 25.1 Å². The van der Waals surface area contributed by atoms with E-state index in [9.17, 15) is 9.59 Å². The van der Waals surface area contributed by atoms with Crippen LogP contribution in [0.1, 0.15) is 43.6 Å². The van der Waals surface area contributed by atoms with Crippen molar-refractivity contribution in [1.29, 1.82) is 0 Å². The van der Waals surface area contributed by atoms with Gasteiger partial charge in [-0.15, -0.1) is 0 Å². The molecular weight excluding hydrogens is 342 g/mol. The standard InChI is InChI=1S/C21H19N3O3/c1-13-10-19(24(2)23-13)22-20(25)15-8-9-17-16(11-15)12-18(27-21(17)26)14-6-4-3-5-7-14/h3-11,18H,12H2,1-2H3,(H,22,25)/t18-/m0/s1. The summed E-state index contributed by atoms with van der Waals surface area (Å²) >= 11 is 0. The SMILES string of the molecule is Cc1cc(NC(=O)c2ccc3c(c2)C[C@@H](c2ccccc2)OC3=O)n(C)n1. The summed E-state index contributed by atoms with van der Waals surface area (Å²) in [7, 11) is 1.77. The van der Waals surface area contributed by atoms with E-state index in [4.69, 9.17) is 4.74 Å². The molecule has 1 atom stereocenters. The summed E-state index contributed by atoms with van der Waals surface area (Å²) < 4.78 is 7.18. The number of benzene rings is 2. The first-order valence-corrected chi connectivity index (χ1v) is 8.72. The summed E-state index contributed by atoms with van der Waals surface area (Å²) in [6, 6.07) is 16.5. The van der Waals surface area contributed by atoms with Crippen LogP contribution in [0.4, 0.5) is 5.82 Å². The molecule has 2 heterocycles. The van der Waals surface area contributed by atoms with E-state index in [1.807, 2.05) is 37.3 Å². The summed E-state index contributed by atoms with van der Waals surface area (Å²) in [5.74, 6) is 0.0205. The van der Waals surface area contributed by atoms with Crippen molar-refractivity contribution >= 4 is 17.7 Å². The van der Waals surface area contributed by atoms with Crippen LogP contribution in [0.5, 0.6) is 0 Å². The van der Waals surface area contributed by atoms with Gasteiger partial charge in [-0.2, -0.15) is 5.10 Å². The number of carbonyl (C=O) groups excluding carboxylic acids is 2. The lowest BCUT2D eigenvalue weighted by molar-refractivity contribution is 0.0252. The van der Waals surface area contributed by atoms with Crippen molar-refractivity contribution in [3.05, 3.63) is 82.5 Å². The molecule has 0 bridgehead atoms. The quantitative estimate of drug-likeness (QED) is 0.726. The number of rotatable bonds is 3. The number of esters is 1. The molecule has 1 amide bonds. The van der Waals surface area contributed by atoms with Crippen LogP contribution in [0.2, 0.25) is 0 Å². The van der Waals surface area contributed by atoms with Gasteiger partial charge in [0.2, 0.25) is 0 Å². The van der Waals surface area contributed by atoms with Crippen LogP contribution in [0, 0.1) is 6.92 Å². The van der Waals surface area contributed by atoms with Crippen molar-refractivity contribution in [3.63, 3.8) is 0 Å². The van der Waals surface area contributed by atoms with E-state index in [-0.39, 0.29) is 18.0 Å². The monoisotopic (exact) mass is 361 g/mol. The first-order chi connectivity index (χ1) is 13.0. The molecule has 0 radical (unpaired) electrons. The van der Waals surface area contributed by atoms with E-state index < -0.39 is 0 Å². The Hall–Kier alpha value is -3.41. The van der Waals surface area contributed by atoms with Gasteiger partial charge in [-0.3, -0.25) is 9.48 Å². The Bertz CT molecular complexity index is 1020. The summed E-state index contributed by atoms with van der Waals surface area (Å²) in [5, 5.41) is 7.08. The number of nitrogens with one attached hydrogen (secondary N) is 1. The summed E-state index contributed by atoms with van der Waals surface area (Å²) in [6.07, 6.45) is 0.195. The highest BCUT2D eigenvalue weighted by Crippen LogP contribution is 2.31. The first kappa shape index (κ1) is 17.0. The van der Waals surface area contributed by atoms with Crippen molar-refractivity contribution in [2.45, 2.75) is 19.4 Å². The second-order valence-corrected chi connectivity index (χ2v) is 6.63. The molecule has 0 spiro atoms. The van der Waals surface area contributed by atoms with Gasteiger partial charge in [0.1, 0.15) is 11.9 Å². The Morgan fingerprint density at radius 1 is 1.19 bits per heavy atom. The molecule has 1 aliphatic rings. The van der Waals surface area contributed by atoms with Crippen LogP contribution in [0.15, 0.2) is 54.6 Å². The molecule has 6 heteroatoms. The minimum Gasteiger partial charge on any atom is -0.454 e. The van der Waals surface area contributed by atoms with Crippen molar-refractivity contribution < 1.29 is 14.3 Å². The predicted octanol–water partition coefficient (Wildman–Crippen LogP) is 3.44. The molecule has 27 heavy (non-hydrogen) atoms. The van der Waals surface area contributed by atoms with Crippen molar-refractivity contribution in [2.75, 3.05) is 5.32 Å². The average Bonchev–Trinajstić information content (AvgIpc) is 2.98. The molecule has 0 fully saturated rings. The number of anilines is 1. The zero-order valence-corrected chi connectivity index (χ0v) is 15.1. The third kappa shape index (κ3) is 3.33. The second-order valence-electron chi connectivity index (χ2n) is 6.63. The number of amides is 1. The third-order valence-corrected chi connectivity index (χ3v) is 4.66. The van der Waals surface area contributed by atoms with E-state index >= 15 is 0 Å². The van der Waals surface area contributed by atoms with E-state index in [0.717, 1.165) is 16.8 Å². The molecule has 1 aromatic heterocycles. The second kappa shape index (κ2) is 6.72. The van der Waals surface area contributed by atoms with Gasteiger partial charge in [0.25, 0.3) is 5.91 Å². The van der Waals surface area contributed by atoms with Gasteiger partial charge in [0.05, 0.1) is 11.3 Å². The fraction of sp³-hybridized carbons (Fsp3) is 0.190. The van der Waals surface area contributed by atoms with E-state index in [1.54, 1.807) is 36.0 Å². The van der Waals surface area contributed by atoms with Crippen molar-refractivity contribution in [1.82, 2.24) is 9.78 Å². The van der Waals surface area contributed by atoms with Gasteiger partial charge in [-0.05, 0) is 36.2 Å². The molecule has 1 N–H and O–H groups in total. The smallest absolute Gasteiger partial charge is 0.339 e. The minimum atomic E-state index is -0.362. The number of aromatic nitrogens is 2. The normalized spacial score (nSPS) is 15.8. The number of hydrogen-bond acceptors (Lipinski definition) is 4. The lowest BCUT2D eigenvalue weighted by Gasteiger charge is -2.25. The molecule has 6 nitrogen and oxygen atoms in total. The third-order valence-electron chi connectivity index (χ3n) is 4.66. The molecule has 0 unspecified atom stereocenters. The van der Waals surface area contributed by atoms with E-state index in [0.29, 0.717) is 23.4 Å². The van der Waals surface area contributed by atoms with Crippen LogP contribution in [0.25, 0.3) is 0 Å². The van der Waals surface area contributed by atoms with Crippen molar-refractivity contribution in [2.24, 2.45) is 7.05 Å². The predicted molar refractivity (Wildman–Crippen MR) is 101 cm³/mol. The zero-order valence-electron chi connectivity index (χ0n) is 15.1. The van der Waals surface area contributed by atoms with Crippen LogP contribution in [-0.2, 0) is 18.2 Å². The Morgan fingerprint density at radius 2 is 1.96 bits per heavy atom. The molecule has 0 saturated carbocycles. The number of fused-ring (bicyclic) bond motifs is 1. The molecule has 2 aromatic carbocycles. The Kier molecular flexibility index (Phi) is 4.24. The molecule has 1 aliphatic heterocycles. The van der Waals surface area contributed by atoms with E-state index in [2.05, 4.69) is 10.4 Å². The number of ether oxygens (including phenoxy) is 1. The van der Waals surface area contributed by atoms with Gasteiger partial charge < -0.3 is 10.1 Å². The Balaban J connectivity index is 1.60. The lowest BCUT2D eigenvalue weighted by Crippen LogP contribution is -2.23. The maximum atomic E-state index is 12.6. The largest absolute Gasteiger partial charge is 0.454 e. The van der Waals surface area contributed by atoms with Gasteiger partial charge in [-0.25, -0.2) is 4.79 Å².